The molecular formula is C32H37ClN4O3. The lowest BCUT2D eigenvalue weighted by atomic mass is 10.1. The third kappa shape index (κ3) is 7.02. The number of carbonyl (C=O) groups excluding carboxylic acids is 2. The second-order valence-corrected chi connectivity index (χ2v) is 10.9. The predicted octanol–water partition coefficient (Wildman–Crippen LogP) is 5.15. The Balaban J connectivity index is 1.10. The lowest BCUT2D eigenvalue weighted by Gasteiger charge is -2.36. The van der Waals surface area contributed by atoms with Crippen molar-refractivity contribution in [3.8, 4) is 0 Å². The van der Waals surface area contributed by atoms with Crippen LogP contribution in [0.5, 0.6) is 0 Å². The van der Waals surface area contributed by atoms with Gasteiger partial charge in [0.2, 0.25) is 5.91 Å². The zero-order valence-corrected chi connectivity index (χ0v) is 23.8. The van der Waals surface area contributed by atoms with E-state index < -0.39 is 6.10 Å². The number of methoxy groups -OCH3 is 1. The van der Waals surface area contributed by atoms with Gasteiger partial charge in [0.05, 0.1) is 6.42 Å². The van der Waals surface area contributed by atoms with Crippen molar-refractivity contribution in [1.82, 2.24) is 9.80 Å². The molecule has 210 valence electrons. The van der Waals surface area contributed by atoms with Gasteiger partial charge in [-0.25, -0.2) is 0 Å². The van der Waals surface area contributed by atoms with E-state index in [4.69, 9.17) is 16.3 Å². The number of halogens is 1. The number of anilines is 2. The van der Waals surface area contributed by atoms with Crippen LogP contribution in [0.25, 0.3) is 0 Å². The van der Waals surface area contributed by atoms with E-state index in [0.717, 1.165) is 49.5 Å². The van der Waals surface area contributed by atoms with Crippen LogP contribution < -0.4 is 10.2 Å². The lowest BCUT2D eigenvalue weighted by Crippen LogP contribution is -2.49. The summed E-state index contributed by atoms with van der Waals surface area (Å²) in [6.07, 6.45) is 2.18. The van der Waals surface area contributed by atoms with Gasteiger partial charge in [-0.15, -0.1) is 0 Å². The van der Waals surface area contributed by atoms with Crippen LogP contribution in [0.4, 0.5) is 11.4 Å². The third-order valence-corrected chi connectivity index (χ3v) is 8.12. The maximum atomic E-state index is 13.0. The molecule has 3 aromatic carbocycles. The van der Waals surface area contributed by atoms with E-state index in [9.17, 15) is 9.59 Å². The number of likely N-dealkylation sites (tertiary alicyclic amines) is 1. The first-order valence-electron chi connectivity index (χ1n) is 14.0. The van der Waals surface area contributed by atoms with Gasteiger partial charge in [-0.05, 0) is 73.0 Å². The Morgan fingerprint density at radius 2 is 1.60 bits per heavy atom. The third-order valence-electron chi connectivity index (χ3n) is 7.77. The molecule has 0 aromatic heterocycles. The molecule has 1 unspecified atom stereocenters. The number of piperazine rings is 1. The van der Waals surface area contributed by atoms with E-state index in [0.29, 0.717) is 30.2 Å². The molecule has 0 spiro atoms. The molecule has 0 aliphatic carbocycles. The summed E-state index contributed by atoms with van der Waals surface area (Å²) < 4.78 is 5.43. The number of hydrogen-bond acceptors (Lipinski definition) is 5. The van der Waals surface area contributed by atoms with Crippen molar-refractivity contribution < 1.29 is 14.3 Å². The van der Waals surface area contributed by atoms with Crippen LogP contribution in [0.1, 0.15) is 35.6 Å². The van der Waals surface area contributed by atoms with Crippen molar-refractivity contribution in [1.29, 1.82) is 0 Å². The van der Waals surface area contributed by atoms with Crippen LogP contribution >= 0.6 is 11.6 Å². The average molecular weight is 561 g/mol. The Labute approximate surface area is 241 Å². The number of benzene rings is 3. The van der Waals surface area contributed by atoms with E-state index in [1.807, 2.05) is 71.6 Å². The molecular weight excluding hydrogens is 524 g/mol. The number of hydrogen-bond donors (Lipinski definition) is 1. The van der Waals surface area contributed by atoms with E-state index in [1.54, 1.807) is 0 Å². The SMILES string of the molecule is COC(C(=O)Nc1ccc(N2CCN(C(=O)Cc3ccc(CN4CCCC4)cc3Cl)CC2)cc1)c1ccccc1. The van der Waals surface area contributed by atoms with Gasteiger partial charge in [-0.2, -0.15) is 0 Å². The molecule has 2 fully saturated rings. The van der Waals surface area contributed by atoms with Crippen LogP contribution in [0, 0.1) is 0 Å². The molecule has 2 saturated heterocycles. The van der Waals surface area contributed by atoms with Crippen LogP contribution in [0.15, 0.2) is 72.8 Å². The van der Waals surface area contributed by atoms with Crippen LogP contribution in [-0.2, 0) is 27.3 Å². The molecule has 2 heterocycles. The molecule has 3 aromatic rings. The van der Waals surface area contributed by atoms with Gasteiger partial charge in [0.1, 0.15) is 0 Å². The number of rotatable bonds is 9. The van der Waals surface area contributed by atoms with Gasteiger partial charge in [0.25, 0.3) is 5.91 Å². The monoisotopic (exact) mass is 560 g/mol. The number of ether oxygens (including phenoxy) is 1. The van der Waals surface area contributed by atoms with E-state index in [-0.39, 0.29) is 11.8 Å². The summed E-state index contributed by atoms with van der Waals surface area (Å²) >= 11 is 6.57. The maximum Gasteiger partial charge on any atom is 0.258 e. The van der Waals surface area contributed by atoms with E-state index in [1.165, 1.54) is 25.5 Å². The second kappa shape index (κ2) is 13.3. The maximum absolute atomic E-state index is 13.0. The molecule has 0 radical (unpaired) electrons. The molecule has 1 atom stereocenters. The zero-order chi connectivity index (χ0) is 27.9. The second-order valence-electron chi connectivity index (χ2n) is 10.5. The highest BCUT2D eigenvalue weighted by atomic mass is 35.5. The summed E-state index contributed by atoms with van der Waals surface area (Å²) in [5, 5.41) is 3.62. The first-order valence-corrected chi connectivity index (χ1v) is 14.4. The fourth-order valence-electron chi connectivity index (χ4n) is 5.51. The quantitative estimate of drug-likeness (QED) is 0.392. The Bertz CT molecular complexity index is 1290. The van der Waals surface area contributed by atoms with Gasteiger partial charge in [0.15, 0.2) is 6.10 Å². The van der Waals surface area contributed by atoms with Gasteiger partial charge in [-0.3, -0.25) is 14.5 Å². The highest BCUT2D eigenvalue weighted by molar-refractivity contribution is 6.31. The molecule has 7 nitrogen and oxygen atoms in total. The van der Waals surface area contributed by atoms with Crippen molar-refractivity contribution in [3.63, 3.8) is 0 Å². The minimum atomic E-state index is -0.672. The fraction of sp³-hybridized carbons (Fsp3) is 0.375. The number of nitrogens with one attached hydrogen (secondary N) is 1. The molecule has 40 heavy (non-hydrogen) atoms. The molecule has 2 aliphatic rings. The van der Waals surface area contributed by atoms with E-state index in [2.05, 4.69) is 21.2 Å². The topological polar surface area (TPSA) is 65.1 Å². The molecule has 1 N–H and O–H groups in total. The summed E-state index contributed by atoms with van der Waals surface area (Å²) in [6.45, 7) is 6.04. The van der Waals surface area contributed by atoms with Crippen LogP contribution in [-0.4, -0.2) is 68.0 Å². The average Bonchev–Trinajstić information content (AvgIpc) is 3.49. The molecule has 0 bridgehead atoms. The zero-order valence-electron chi connectivity index (χ0n) is 23.0. The molecule has 8 heteroatoms. The first kappa shape index (κ1) is 28.1. The smallest absolute Gasteiger partial charge is 0.258 e. The van der Waals surface area contributed by atoms with Crippen molar-refractivity contribution >= 4 is 34.8 Å². The number of carbonyl (C=O) groups is 2. The minimum Gasteiger partial charge on any atom is -0.368 e. The van der Waals surface area contributed by atoms with Crippen molar-refractivity contribution in [3.05, 3.63) is 94.5 Å². The summed E-state index contributed by atoms with van der Waals surface area (Å²) in [6, 6.07) is 23.4. The summed E-state index contributed by atoms with van der Waals surface area (Å²) in [5.41, 5.74) is 4.68. The summed E-state index contributed by atoms with van der Waals surface area (Å²) in [7, 11) is 1.53. The predicted molar refractivity (Wildman–Crippen MR) is 160 cm³/mol. The summed E-state index contributed by atoms with van der Waals surface area (Å²) in [4.78, 5) is 32.5. The van der Waals surface area contributed by atoms with Crippen LogP contribution in [0.3, 0.4) is 0 Å². The number of amides is 2. The lowest BCUT2D eigenvalue weighted by molar-refractivity contribution is -0.130. The molecule has 5 rings (SSSR count). The largest absolute Gasteiger partial charge is 0.368 e. The molecule has 0 saturated carbocycles. The van der Waals surface area contributed by atoms with Crippen LogP contribution in [0.2, 0.25) is 5.02 Å². The van der Waals surface area contributed by atoms with Gasteiger partial charge >= 0.3 is 0 Å². The Morgan fingerprint density at radius 3 is 2.25 bits per heavy atom. The molecule has 2 amide bonds. The van der Waals surface area contributed by atoms with Gasteiger partial charge < -0.3 is 19.9 Å². The normalized spacial score (nSPS) is 16.6. The molecule has 2 aliphatic heterocycles. The van der Waals surface area contributed by atoms with Gasteiger partial charge in [-0.1, -0.05) is 54.1 Å². The minimum absolute atomic E-state index is 0.109. The Hall–Kier alpha value is -3.39. The number of nitrogens with zero attached hydrogens (tertiary/aromatic N) is 3. The van der Waals surface area contributed by atoms with Crippen molar-refractivity contribution in [2.45, 2.75) is 31.9 Å². The summed E-state index contributed by atoms with van der Waals surface area (Å²) in [5.74, 6) is -0.104. The Morgan fingerprint density at radius 1 is 0.900 bits per heavy atom. The fourth-order valence-corrected chi connectivity index (χ4v) is 5.78. The van der Waals surface area contributed by atoms with Gasteiger partial charge in [0, 0.05) is 56.2 Å². The van der Waals surface area contributed by atoms with Crippen molar-refractivity contribution in [2.75, 3.05) is 56.6 Å². The van der Waals surface area contributed by atoms with Crippen molar-refractivity contribution in [2.24, 2.45) is 0 Å². The van der Waals surface area contributed by atoms with E-state index >= 15 is 0 Å². The first-order chi connectivity index (χ1) is 19.5. The highest BCUT2D eigenvalue weighted by Crippen LogP contribution is 2.24. The standard InChI is InChI=1S/C32H37ClN4O3/c1-40-31(25-7-3-2-4-8-25)32(39)34-27-11-13-28(14-12-27)36-17-19-37(20-18-36)30(38)22-26-10-9-24(21-29(26)33)23-35-15-5-6-16-35/h2-4,7-14,21,31H,5-6,15-20,22-23H2,1H3,(H,34,39). The Kier molecular flexibility index (Phi) is 9.37. The highest BCUT2D eigenvalue weighted by Gasteiger charge is 2.23.